The standard InChI is InChI=1S/C15H23NO3/c1-4-19-16-15(17)7-5-6-10-18-14-11-12(2)8-9-13(14)3/h8-9,11H,4-7,10H2,1-3H3,(H,16,17). The lowest BCUT2D eigenvalue weighted by molar-refractivity contribution is -0.133. The summed E-state index contributed by atoms with van der Waals surface area (Å²) in [6, 6.07) is 6.16. The summed E-state index contributed by atoms with van der Waals surface area (Å²) in [6.45, 7) is 7.03. The molecule has 0 fully saturated rings. The first kappa shape index (κ1) is 15.5. The summed E-state index contributed by atoms with van der Waals surface area (Å²) in [5, 5.41) is 0. The van der Waals surface area contributed by atoms with E-state index in [1.807, 2.05) is 26.8 Å². The van der Waals surface area contributed by atoms with Crippen LogP contribution in [0.1, 0.15) is 37.3 Å². The van der Waals surface area contributed by atoms with Crippen LogP contribution in [0.5, 0.6) is 5.75 Å². The van der Waals surface area contributed by atoms with E-state index >= 15 is 0 Å². The summed E-state index contributed by atoms with van der Waals surface area (Å²) in [4.78, 5) is 16.1. The molecule has 0 heterocycles. The summed E-state index contributed by atoms with van der Waals surface area (Å²) in [5.74, 6) is 0.854. The quantitative estimate of drug-likeness (QED) is 0.580. The molecule has 19 heavy (non-hydrogen) atoms. The maximum atomic E-state index is 11.3. The number of amides is 1. The van der Waals surface area contributed by atoms with Crippen LogP contribution in [0.4, 0.5) is 0 Å². The van der Waals surface area contributed by atoms with Crippen molar-refractivity contribution in [2.24, 2.45) is 0 Å². The van der Waals surface area contributed by atoms with Crippen molar-refractivity contribution in [1.82, 2.24) is 5.48 Å². The summed E-state index contributed by atoms with van der Waals surface area (Å²) in [6.07, 6.45) is 2.12. The zero-order chi connectivity index (χ0) is 14.1. The van der Waals surface area contributed by atoms with E-state index in [-0.39, 0.29) is 5.91 Å². The number of unbranched alkanes of at least 4 members (excludes halogenated alkanes) is 1. The van der Waals surface area contributed by atoms with Crippen molar-refractivity contribution in [2.75, 3.05) is 13.2 Å². The largest absolute Gasteiger partial charge is 0.493 e. The number of ether oxygens (including phenoxy) is 1. The number of hydroxylamine groups is 1. The van der Waals surface area contributed by atoms with E-state index in [0.717, 1.165) is 24.2 Å². The van der Waals surface area contributed by atoms with Crippen LogP contribution in [-0.4, -0.2) is 19.1 Å². The molecule has 0 aromatic heterocycles. The van der Waals surface area contributed by atoms with Crippen molar-refractivity contribution in [3.05, 3.63) is 29.3 Å². The van der Waals surface area contributed by atoms with Gasteiger partial charge in [-0.3, -0.25) is 9.63 Å². The van der Waals surface area contributed by atoms with Crippen molar-refractivity contribution in [3.8, 4) is 5.75 Å². The van der Waals surface area contributed by atoms with Gasteiger partial charge in [0.15, 0.2) is 0 Å². The molecule has 0 spiro atoms. The smallest absolute Gasteiger partial charge is 0.243 e. The molecule has 0 unspecified atom stereocenters. The van der Waals surface area contributed by atoms with Crippen molar-refractivity contribution < 1.29 is 14.4 Å². The molecule has 1 rings (SSSR count). The van der Waals surface area contributed by atoms with Gasteiger partial charge in [-0.2, -0.15) is 0 Å². The molecule has 0 saturated carbocycles. The molecule has 0 aliphatic carbocycles. The van der Waals surface area contributed by atoms with E-state index in [4.69, 9.17) is 9.57 Å². The number of carbonyl (C=O) groups excluding carboxylic acids is 1. The summed E-state index contributed by atoms with van der Waals surface area (Å²) in [7, 11) is 0. The number of carbonyl (C=O) groups is 1. The van der Waals surface area contributed by atoms with Gasteiger partial charge in [0.2, 0.25) is 5.91 Å². The average Bonchev–Trinajstić information content (AvgIpc) is 2.39. The Morgan fingerprint density at radius 3 is 2.79 bits per heavy atom. The van der Waals surface area contributed by atoms with Gasteiger partial charge in [-0.05, 0) is 50.8 Å². The molecule has 0 saturated heterocycles. The van der Waals surface area contributed by atoms with Gasteiger partial charge >= 0.3 is 0 Å². The predicted molar refractivity (Wildman–Crippen MR) is 75.0 cm³/mol. The number of rotatable bonds is 8. The van der Waals surface area contributed by atoms with Gasteiger partial charge in [0.1, 0.15) is 5.75 Å². The topological polar surface area (TPSA) is 47.6 Å². The molecule has 0 aliphatic rings. The van der Waals surface area contributed by atoms with Crippen LogP contribution < -0.4 is 10.2 Å². The fourth-order valence-corrected chi connectivity index (χ4v) is 1.64. The fourth-order valence-electron chi connectivity index (χ4n) is 1.64. The van der Waals surface area contributed by atoms with Gasteiger partial charge in [-0.1, -0.05) is 12.1 Å². The first-order valence-electron chi connectivity index (χ1n) is 6.74. The second-order valence-electron chi connectivity index (χ2n) is 4.53. The fraction of sp³-hybridized carbons (Fsp3) is 0.533. The summed E-state index contributed by atoms with van der Waals surface area (Å²) >= 11 is 0. The summed E-state index contributed by atoms with van der Waals surface area (Å²) < 4.78 is 5.72. The molecule has 106 valence electrons. The Bertz CT molecular complexity index is 404. The van der Waals surface area contributed by atoms with Gasteiger partial charge in [0.25, 0.3) is 0 Å². The third-order valence-electron chi connectivity index (χ3n) is 2.73. The predicted octanol–water partition coefficient (Wildman–Crippen LogP) is 2.92. The molecule has 1 aromatic rings. The molecule has 0 radical (unpaired) electrons. The lowest BCUT2D eigenvalue weighted by Crippen LogP contribution is -2.23. The van der Waals surface area contributed by atoms with Crippen LogP contribution >= 0.6 is 0 Å². The van der Waals surface area contributed by atoms with E-state index in [1.54, 1.807) is 0 Å². The zero-order valence-corrected chi connectivity index (χ0v) is 12.0. The Balaban J connectivity index is 2.17. The lowest BCUT2D eigenvalue weighted by Gasteiger charge is -2.09. The van der Waals surface area contributed by atoms with Gasteiger partial charge < -0.3 is 4.74 Å². The molecular formula is C15H23NO3. The highest BCUT2D eigenvalue weighted by molar-refractivity contribution is 5.74. The van der Waals surface area contributed by atoms with Crippen LogP contribution in [0.25, 0.3) is 0 Å². The third kappa shape index (κ3) is 6.25. The molecule has 1 aromatic carbocycles. The van der Waals surface area contributed by atoms with Gasteiger partial charge in [-0.15, -0.1) is 0 Å². The van der Waals surface area contributed by atoms with Gasteiger partial charge in [0, 0.05) is 6.42 Å². The Morgan fingerprint density at radius 1 is 1.26 bits per heavy atom. The van der Waals surface area contributed by atoms with Crippen molar-refractivity contribution in [2.45, 2.75) is 40.0 Å². The Labute approximate surface area is 115 Å². The molecule has 1 N–H and O–H groups in total. The highest BCUT2D eigenvalue weighted by Gasteiger charge is 2.02. The highest BCUT2D eigenvalue weighted by atomic mass is 16.6. The lowest BCUT2D eigenvalue weighted by atomic mass is 10.1. The number of hydrogen-bond acceptors (Lipinski definition) is 3. The zero-order valence-electron chi connectivity index (χ0n) is 12.0. The van der Waals surface area contributed by atoms with Crippen LogP contribution in [0.15, 0.2) is 18.2 Å². The van der Waals surface area contributed by atoms with Crippen molar-refractivity contribution in [1.29, 1.82) is 0 Å². The number of hydrogen-bond donors (Lipinski definition) is 1. The van der Waals surface area contributed by atoms with E-state index < -0.39 is 0 Å². The maximum Gasteiger partial charge on any atom is 0.243 e. The van der Waals surface area contributed by atoms with Crippen LogP contribution in [0.3, 0.4) is 0 Å². The van der Waals surface area contributed by atoms with E-state index in [2.05, 4.69) is 17.6 Å². The van der Waals surface area contributed by atoms with Crippen LogP contribution in [0, 0.1) is 13.8 Å². The normalized spacial score (nSPS) is 10.3. The molecule has 0 aliphatic heterocycles. The van der Waals surface area contributed by atoms with Crippen LogP contribution in [0.2, 0.25) is 0 Å². The van der Waals surface area contributed by atoms with Gasteiger partial charge in [0.05, 0.1) is 13.2 Å². The molecule has 0 atom stereocenters. The van der Waals surface area contributed by atoms with Crippen molar-refractivity contribution in [3.63, 3.8) is 0 Å². The second-order valence-corrected chi connectivity index (χ2v) is 4.53. The Kier molecular flexibility index (Phi) is 6.97. The molecule has 0 bridgehead atoms. The SMILES string of the molecule is CCONC(=O)CCCCOc1cc(C)ccc1C. The first-order chi connectivity index (χ1) is 9.13. The minimum atomic E-state index is -0.0754. The number of aryl methyl sites for hydroxylation is 2. The number of nitrogens with one attached hydrogen (secondary N) is 1. The number of benzene rings is 1. The third-order valence-corrected chi connectivity index (χ3v) is 2.73. The Hall–Kier alpha value is -1.55. The minimum absolute atomic E-state index is 0.0754. The Morgan fingerprint density at radius 2 is 2.05 bits per heavy atom. The molecular weight excluding hydrogens is 242 g/mol. The van der Waals surface area contributed by atoms with E-state index in [9.17, 15) is 4.79 Å². The highest BCUT2D eigenvalue weighted by Crippen LogP contribution is 2.19. The maximum absolute atomic E-state index is 11.3. The first-order valence-corrected chi connectivity index (χ1v) is 6.74. The summed E-state index contributed by atoms with van der Waals surface area (Å²) in [5.41, 5.74) is 4.71. The second kappa shape index (κ2) is 8.53. The minimum Gasteiger partial charge on any atom is -0.493 e. The average molecular weight is 265 g/mol. The molecule has 4 heteroatoms. The monoisotopic (exact) mass is 265 g/mol. The van der Waals surface area contributed by atoms with Crippen molar-refractivity contribution >= 4 is 5.91 Å². The van der Waals surface area contributed by atoms with E-state index in [1.165, 1.54) is 5.56 Å². The molecule has 1 amide bonds. The molecule has 4 nitrogen and oxygen atoms in total. The van der Waals surface area contributed by atoms with Gasteiger partial charge in [-0.25, -0.2) is 5.48 Å². The van der Waals surface area contributed by atoms with Crippen LogP contribution in [-0.2, 0) is 9.63 Å². The van der Waals surface area contributed by atoms with E-state index in [0.29, 0.717) is 19.6 Å².